The van der Waals surface area contributed by atoms with Crippen molar-refractivity contribution in [1.82, 2.24) is 20.2 Å². The molecule has 0 bridgehead atoms. The van der Waals surface area contributed by atoms with Crippen LogP contribution in [-0.4, -0.2) is 26.5 Å². The molecule has 0 radical (unpaired) electrons. The average molecular weight is 427 g/mol. The van der Waals surface area contributed by atoms with Crippen molar-refractivity contribution in [3.63, 3.8) is 0 Å². The molecule has 0 aliphatic heterocycles. The normalized spacial score (nSPS) is 11.6. The zero-order valence-electron chi connectivity index (χ0n) is 14.6. The zero-order chi connectivity index (χ0) is 20.2. The van der Waals surface area contributed by atoms with Crippen LogP contribution in [0.5, 0.6) is 0 Å². The predicted octanol–water partition coefficient (Wildman–Crippen LogP) is 4.58. The lowest BCUT2D eigenvalue weighted by molar-refractivity contribution is 0.465. The Bertz CT molecular complexity index is 1240. The fraction of sp³-hybridized carbons (Fsp3) is 0. The van der Waals surface area contributed by atoms with E-state index in [4.69, 9.17) is 21.4 Å². The largest absolute Gasteiger partial charge is 0.411 e. The Kier molecular flexibility index (Phi) is 5.50. The van der Waals surface area contributed by atoms with Crippen LogP contribution in [0.2, 0.25) is 5.02 Å². The van der Waals surface area contributed by atoms with Gasteiger partial charge in [0.25, 0.3) is 5.22 Å². The van der Waals surface area contributed by atoms with Crippen LogP contribution >= 0.6 is 23.4 Å². The summed E-state index contributed by atoms with van der Waals surface area (Å²) in [6.45, 7) is 0. The second kappa shape index (κ2) is 8.38. The van der Waals surface area contributed by atoms with Crippen molar-refractivity contribution in [2.75, 3.05) is 0 Å². The fourth-order valence-corrected chi connectivity index (χ4v) is 3.30. The lowest BCUT2D eigenvalue weighted by Gasteiger charge is -2.04. The summed E-state index contributed by atoms with van der Waals surface area (Å²) in [5, 5.41) is 16.8. The summed E-state index contributed by atoms with van der Waals surface area (Å²) in [4.78, 5) is 11.1. The van der Waals surface area contributed by atoms with Gasteiger partial charge in [0.15, 0.2) is 0 Å². The highest BCUT2D eigenvalue weighted by Gasteiger charge is 2.12. The monoisotopic (exact) mass is 426 g/mol. The Labute approximate surface area is 173 Å². The van der Waals surface area contributed by atoms with Gasteiger partial charge in [-0.3, -0.25) is 5.41 Å². The minimum Gasteiger partial charge on any atom is -0.411 e. The Balaban J connectivity index is 1.67. The van der Waals surface area contributed by atoms with Crippen LogP contribution in [0.4, 0.5) is 4.39 Å². The predicted molar refractivity (Wildman–Crippen MR) is 107 cm³/mol. The van der Waals surface area contributed by atoms with Crippen LogP contribution < -0.4 is 5.62 Å². The second-order valence-electron chi connectivity index (χ2n) is 5.70. The van der Waals surface area contributed by atoms with E-state index in [1.54, 1.807) is 42.5 Å². The maximum Gasteiger partial charge on any atom is 0.283 e. The number of aromatic amines is 1. The molecule has 4 aromatic rings. The van der Waals surface area contributed by atoms with Gasteiger partial charge in [-0.2, -0.15) is 0 Å². The van der Waals surface area contributed by atoms with Gasteiger partial charge in [-0.15, -0.1) is 10.2 Å². The van der Waals surface area contributed by atoms with Crippen molar-refractivity contribution < 1.29 is 8.81 Å². The standard InChI is InChI=1S/C19H12ClFN6OS/c20-13-6-4-11(5-7-13)17-26-27-19(28-17)29-16-9-15(24-18(25-16)23-10-22)12-2-1-3-14(21)8-12/h1-10H,(H2,22,23,24,25). The van der Waals surface area contributed by atoms with E-state index in [1.807, 2.05) is 0 Å². The van der Waals surface area contributed by atoms with Gasteiger partial charge in [0.1, 0.15) is 12.2 Å². The van der Waals surface area contributed by atoms with Gasteiger partial charge in [0.2, 0.25) is 11.5 Å². The van der Waals surface area contributed by atoms with Crippen LogP contribution in [0.25, 0.3) is 22.7 Å². The van der Waals surface area contributed by atoms with Gasteiger partial charge in [0.05, 0.1) is 10.7 Å². The van der Waals surface area contributed by atoms with E-state index >= 15 is 0 Å². The molecule has 0 fully saturated rings. The highest BCUT2D eigenvalue weighted by molar-refractivity contribution is 7.99. The molecule has 0 spiro atoms. The maximum absolute atomic E-state index is 13.6. The molecule has 0 atom stereocenters. The van der Waals surface area contributed by atoms with Crippen molar-refractivity contribution in [1.29, 1.82) is 5.41 Å². The van der Waals surface area contributed by atoms with Gasteiger partial charge in [-0.1, -0.05) is 23.7 Å². The smallest absolute Gasteiger partial charge is 0.283 e. The first-order valence-corrected chi connectivity index (χ1v) is 9.47. The van der Waals surface area contributed by atoms with Crippen LogP contribution in [0.3, 0.4) is 0 Å². The molecule has 2 N–H and O–H groups in total. The third-order valence-corrected chi connectivity index (χ3v) is 4.76. The topological polar surface area (TPSA) is 104 Å². The summed E-state index contributed by atoms with van der Waals surface area (Å²) in [5.74, 6) is -0.0191. The number of rotatable bonds is 5. The minimum atomic E-state index is -0.374. The number of hydrogen-bond acceptors (Lipinski definition) is 6. The Morgan fingerprint density at radius 2 is 1.93 bits per heavy atom. The molecule has 7 nitrogen and oxygen atoms in total. The SMILES string of the molecule is N=C/N=c1/nc(-c2cccc(F)c2)cc(Sc2nnc(-c3ccc(Cl)cc3)o2)[nH]1. The summed E-state index contributed by atoms with van der Waals surface area (Å²) in [6, 6.07) is 14.8. The summed E-state index contributed by atoms with van der Waals surface area (Å²) >= 11 is 7.07. The summed E-state index contributed by atoms with van der Waals surface area (Å²) in [5.41, 5.74) is 2.01. The third-order valence-electron chi connectivity index (χ3n) is 3.73. The Hall–Kier alpha value is -3.30. The lowest BCUT2D eigenvalue weighted by Crippen LogP contribution is -2.14. The first-order chi connectivity index (χ1) is 14.1. The number of hydrogen-bond donors (Lipinski definition) is 2. The molecule has 29 heavy (non-hydrogen) atoms. The van der Waals surface area contributed by atoms with E-state index in [-0.39, 0.29) is 11.4 Å². The molecule has 2 aromatic heterocycles. The minimum absolute atomic E-state index is 0.196. The van der Waals surface area contributed by atoms with Gasteiger partial charge >= 0.3 is 0 Å². The molecule has 2 heterocycles. The number of nitrogens with zero attached hydrogens (tertiary/aromatic N) is 4. The molecule has 2 aromatic carbocycles. The highest BCUT2D eigenvalue weighted by Crippen LogP contribution is 2.29. The molecule has 0 aliphatic rings. The number of nitrogens with one attached hydrogen (secondary N) is 2. The van der Waals surface area contributed by atoms with E-state index in [1.165, 1.54) is 23.9 Å². The number of H-pyrrole nitrogens is 1. The summed E-state index contributed by atoms with van der Waals surface area (Å²) < 4.78 is 19.3. The number of halogens is 2. The zero-order valence-corrected chi connectivity index (χ0v) is 16.2. The van der Waals surface area contributed by atoms with Crippen LogP contribution in [0.15, 0.2) is 74.3 Å². The van der Waals surface area contributed by atoms with Crippen LogP contribution in [-0.2, 0) is 0 Å². The molecule has 10 heteroatoms. The summed E-state index contributed by atoms with van der Waals surface area (Å²) in [7, 11) is 0. The van der Waals surface area contributed by atoms with Crippen LogP contribution in [0, 0.1) is 11.2 Å². The first-order valence-electron chi connectivity index (χ1n) is 8.28. The number of aromatic nitrogens is 4. The van der Waals surface area contributed by atoms with Crippen molar-refractivity contribution in [2.24, 2.45) is 4.99 Å². The van der Waals surface area contributed by atoms with E-state index < -0.39 is 0 Å². The molecular formula is C19H12ClFN6OS. The van der Waals surface area contributed by atoms with Crippen molar-refractivity contribution in [3.05, 3.63) is 71.1 Å². The quantitative estimate of drug-likeness (QED) is 0.276. The van der Waals surface area contributed by atoms with Crippen LogP contribution in [0.1, 0.15) is 0 Å². The molecule has 0 aliphatic carbocycles. The highest BCUT2D eigenvalue weighted by atomic mass is 35.5. The van der Waals surface area contributed by atoms with E-state index in [2.05, 4.69) is 25.2 Å². The molecule has 0 amide bonds. The molecule has 0 unspecified atom stereocenters. The second-order valence-corrected chi connectivity index (χ2v) is 7.13. The molecule has 144 valence electrons. The van der Waals surface area contributed by atoms with Crippen molar-refractivity contribution in [3.8, 4) is 22.7 Å². The van der Waals surface area contributed by atoms with Gasteiger partial charge < -0.3 is 9.40 Å². The molecule has 4 rings (SSSR count). The maximum atomic E-state index is 13.6. The third kappa shape index (κ3) is 4.58. The molecular weight excluding hydrogens is 415 g/mol. The Morgan fingerprint density at radius 1 is 1.10 bits per heavy atom. The van der Waals surface area contributed by atoms with Gasteiger partial charge in [-0.25, -0.2) is 14.4 Å². The lowest BCUT2D eigenvalue weighted by atomic mass is 10.1. The average Bonchev–Trinajstić information content (AvgIpc) is 3.17. The van der Waals surface area contributed by atoms with E-state index in [9.17, 15) is 4.39 Å². The molecule has 0 saturated carbocycles. The van der Waals surface area contributed by atoms with E-state index in [0.29, 0.717) is 32.4 Å². The van der Waals surface area contributed by atoms with Crippen molar-refractivity contribution >= 4 is 29.7 Å². The van der Waals surface area contributed by atoms with Gasteiger partial charge in [0, 0.05) is 16.1 Å². The van der Waals surface area contributed by atoms with Crippen molar-refractivity contribution in [2.45, 2.75) is 10.2 Å². The Morgan fingerprint density at radius 3 is 2.69 bits per heavy atom. The van der Waals surface area contributed by atoms with E-state index in [0.717, 1.165) is 11.9 Å². The fourth-order valence-electron chi connectivity index (χ4n) is 2.47. The number of benzene rings is 2. The first kappa shape index (κ1) is 19.0. The summed E-state index contributed by atoms with van der Waals surface area (Å²) in [6.07, 6.45) is 0.869. The van der Waals surface area contributed by atoms with Gasteiger partial charge in [-0.05, 0) is 54.2 Å². The molecule has 0 saturated heterocycles.